The summed E-state index contributed by atoms with van der Waals surface area (Å²) < 4.78 is 102. The molecule has 182 valence electrons. The SMILES string of the molecule is CCOc1cc(CS(=O)(=O)O)c2ccc3c(CS(=O)(=O)O)cc(S(=O)(=O)OC)c4ccc1c2c34. The van der Waals surface area contributed by atoms with E-state index in [-0.39, 0.29) is 28.0 Å². The van der Waals surface area contributed by atoms with E-state index < -0.39 is 41.9 Å². The van der Waals surface area contributed by atoms with Crippen LogP contribution in [-0.4, -0.2) is 48.1 Å². The van der Waals surface area contributed by atoms with E-state index in [9.17, 15) is 34.4 Å². The van der Waals surface area contributed by atoms with Gasteiger partial charge in [0.05, 0.1) is 13.7 Å². The normalized spacial score (nSPS) is 13.3. The van der Waals surface area contributed by atoms with Crippen molar-refractivity contribution in [2.75, 3.05) is 13.7 Å². The molecular formula is C21H20O10S3. The van der Waals surface area contributed by atoms with E-state index >= 15 is 0 Å². The number of ether oxygens (including phenoxy) is 1. The highest BCUT2D eigenvalue weighted by atomic mass is 32.2. The van der Waals surface area contributed by atoms with E-state index in [1.807, 2.05) is 0 Å². The maximum Gasteiger partial charge on any atom is 0.297 e. The lowest BCUT2D eigenvalue weighted by Crippen LogP contribution is -2.09. The highest BCUT2D eigenvalue weighted by molar-refractivity contribution is 7.87. The Morgan fingerprint density at radius 3 is 1.71 bits per heavy atom. The molecule has 0 radical (unpaired) electrons. The van der Waals surface area contributed by atoms with Crippen molar-refractivity contribution in [3.63, 3.8) is 0 Å². The fourth-order valence-electron chi connectivity index (χ4n) is 4.27. The van der Waals surface area contributed by atoms with Crippen LogP contribution in [0.5, 0.6) is 5.75 Å². The predicted molar refractivity (Wildman–Crippen MR) is 126 cm³/mol. The van der Waals surface area contributed by atoms with Crippen LogP contribution in [0, 0.1) is 0 Å². The fourth-order valence-corrected chi connectivity index (χ4v) is 6.44. The monoisotopic (exact) mass is 528 g/mol. The van der Waals surface area contributed by atoms with Crippen LogP contribution in [0.2, 0.25) is 0 Å². The molecule has 0 aromatic heterocycles. The van der Waals surface area contributed by atoms with Crippen molar-refractivity contribution < 1.29 is 43.3 Å². The van der Waals surface area contributed by atoms with Gasteiger partial charge in [0.1, 0.15) is 22.2 Å². The summed E-state index contributed by atoms with van der Waals surface area (Å²) in [4.78, 5) is -0.311. The van der Waals surface area contributed by atoms with Gasteiger partial charge >= 0.3 is 0 Å². The first-order chi connectivity index (χ1) is 15.8. The van der Waals surface area contributed by atoms with Gasteiger partial charge in [-0.25, -0.2) is 0 Å². The summed E-state index contributed by atoms with van der Waals surface area (Å²) in [6, 6.07) is 8.84. The van der Waals surface area contributed by atoms with E-state index in [1.165, 1.54) is 18.2 Å². The van der Waals surface area contributed by atoms with Gasteiger partial charge in [0.15, 0.2) is 0 Å². The maximum atomic E-state index is 12.7. The third-order valence-corrected chi connectivity index (χ3v) is 8.13. The molecule has 0 aliphatic rings. The number of hydrogen-bond donors (Lipinski definition) is 2. The number of rotatable bonds is 8. The highest BCUT2D eigenvalue weighted by Gasteiger charge is 2.26. The molecule has 0 fully saturated rings. The minimum absolute atomic E-state index is 0.0122. The standard InChI is InChI=1S/C21H20O10S3/c1-3-31-18-8-12(10-32(22,23)24)14-4-5-15-13(11-33(25,26)27)9-19(34(28,29)30-2)17-7-6-16(18)20(14)21(15)17/h4-9H,3,10-11H2,1-2H3,(H,22,23,24)(H,25,26,27). The van der Waals surface area contributed by atoms with Crippen molar-refractivity contribution in [3.05, 3.63) is 47.5 Å². The Morgan fingerprint density at radius 2 is 1.21 bits per heavy atom. The fraction of sp³-hybridized carbons (Fsp3) is 0.238. The predicted octanol–water partition coefficient (Wildman–Crippen LogP) is 3.09. The van der Waals surface area contributed by atoms with Crippen molar-refractivity contribution in [3.8, 4) is 5.75 Å². The summed E-state index contributed by atoms with van der Waals surface area (Å²) in [5.41, 5.74) is 0.224. The Kier molecular flexibility index (Phi) is 5.99. The van der Waals surface area contributed by atoms with Crippen molar-refractivity contribution >= 4 is 62.7 Å². The van der Waals surface area contributed by atoms with E-state index in [4.69, 9.17) is 4.74 Å². The van der Waals surface area contributed by atoms with Gasteiger partial charge in [0.2, 0.25) is 0 Å². The summed E-state index contributed by atoms with van der Waals surface area (Å²) in [6.45, 7) is 1.97. The summed E-state index contributed by atoms with van der Waals surface area (Å²) >= 11 is 0. The van der Waals surface area contributed by atoms with Gasteiger partial charge in [0.25, 0.3) is 30.4 Å². The first-order valence-electron chi connectivity index (χ1n) is 9.85. The van der Waals surface area contributed by atoms with Crippen LogP contribution in [0.25, 0.3) is 32.3 Å². The summed E-state index contributed by atoms with van der Waals surface area (Å²) in [5.74, 6) is -1.27. The number of hydrogen-bond acceptors (Lipinski definition) is 8. The van der Waals surface area contributed by atoms with Crippen LogP contribution in [0.3, 0.4) is 0 Å². The molecule has 0 aliphatic carbocycles. The largest absolute Gasteiger partial charge is 0.493 e. The van der Waals surface area contributed by atoms with Crippen LogP contribution < -0.4 is 4.74 Å². The Bertz CT molecular complexity index is 1760. The highest BCUT2D eigenvalue weighted by Crippen LogP contribution is 2.44. The van der Waals surface area contributed by atoms with Crippen LogP contribution in [0.15, 0.2) is 41.3 Å². The Labute approximate surface area is 196 Å². The lowest BCUT2D eigenvalue weighted by Gasteiger charge is -2.20. The molecule has 4 aromatic carbocycles. The zero-order valence-electron chi connectivity index (χ0n) is 18.0. The van der Waals surface area contributed by atoms with Crippen molar-refractivity contribution in [2.24, 2.45) is 0 Å². The van der Waals surface area contributed by atoms with Gasteiger partial charge in [-0.1, -0.05) is 18.2 Å². The minimum atomic E-state index is -4.54. The summed E-state index contributed by atoms with van der Waals surface area (Å²) in [7, 11) is -12.3. The molecule has 13 heteroatoms. The molecule has 0 amide bonds. The molecule has 0 spiro atoms. The molecule has 0 bridgehead atoms. The second-order valence-electron chi connectivity index (χ2n) is 7.65. The van der Waals surface area contributed by atoms with Gasteiger partial charge < -0.3 is 4.74 Å². The zero-order chi connectivity index (χ0) is 25.1. The first-order valence-corrected chi connectivity index (χ1v) is 14.5. The molecule has 34 heavy (non-hydrogen) atoms. The molecule has 2 N–H and O–H groups in total. The van der Waals surface area contributed by atoms with Gasteiger partial charge in [-0.05, 0) is 52.4 Å². The van der Waals surface area contributed by atoms with Crippen molar-refractivity contribution in [1.29, 1.82) is 0 Å². The van der Waals surface area contributed by atoms with Gasteiger partial charge in [-0.15, -0.1) is 0 Å². The molecule has 0 atom stereocenters. The van der Waals surface area contributed by atoms with Crippen LogP contribution in [-0.2, 0) is 46.0 Å². The van der Waals surface area contributed by atoms with Gasteiger partial charge in [0, 0.05) is 16.2 Å². The topological polar surface area (TPSA) is 161 Å². The average molecular weight is 529 g/mol. The van der Waals surface area contributed by atoms with Crippen LogP contribution in [0.4, 0.5) is 0 Å². The minimum Gasteiger partial charge on any atom is -0.493 e. The lowest BCUT2D eigenvalue weighted by molar-refractivity contribution is 0.344. The second kappa shape index (κ2) is 8.29. The van der Waals surface area contributed by atoms with Crippen LogP contribution in [0.1, 0.15) is 18.1 Å². The summed E-state index contributed by atoms with van der Waals surface area (Å²) in [6.07, 6.45) is 0. The van der Waals surface area contributed by atoms with Gasteiger partial charge in [-0.2, -0.15) is 25.3 Å². The third kappa shape index (κ3) is 4.42. The third-order valence-electron chi connectivity index (χ3n) is 5.46. The molecule has 0 heterocycles. The van der Waals surface area contributed by atoms with E-state index in [0.29, 0.717) is 32.7 Å². The molecule has 0 aliphatic heterocycles. The van der Waals surface area contributed by atoms with E-state index in [0.717, 1.165) is 13.2 Å². The quantitative estimate of drug-likeness (QED) is 0.197. The van der Waals surface area contributed by atoms with Crippen molar-refractivity contribution in [1.82, 2.24) is 0 Å². The van der Waals surface area contributed by atoms with Crippen LogP contribution >= 0.6 is 0 Å². The summed E-state index contributed by atoms with van der Waals surface area (Å²) in [5, 5.41) is 2.22. The smallest absolute Gasteiger partial charge is 0.297 e. The Balaban J connectivity index is 2.28. The second-order valence-corrected chi connectivity index (χ2v) is 12.2. The molecular weight excluding hydrogens is 508 g/mol. The maximum absolute atomic E-state index is 12.7. The number of benzene rings is 4. The molecule has 0 unspecified atom stereocenters. The Morgan fingerprint density at radius 1 is 0.735 bits per heavy atom. The molecule has 0 saturated carbocycles. The average Bonchev–Trinajstić information content (AvgIpc) is 2.72. The molecule has 4 aromatic rings. The Hall–Kier alpha value is -2.55. The lowest BCUT2D eigenvalue weighted by atomic mass is 9.90. The van der Waals surface area contributed by atoms with Gasteiger partial charge in [-0.3, -0.25) is 13.3 Å². The molecule has 0 saturated heterocycles. The zero-order valence-corrected chi connectivity index (χ0v) is 20.4. The van der Waals surface area contributed by atoms with E-state index in [1.54, 1.807) is 19.1 Å². The first kappa shape index (κ1) is 24.6. The van der Waals surface area contributed by atoms with E-state index in [2.05, 4.69) is 4.18 Å². The molecule has 10 nitrogen and oxygen atoms in total. The molecule has 4 rings (SSSR count). The van der Waals surface area contributed by atoms with Crippen molar-refractivity contribution in [2.45, 2.75) is 23.3 Å².